The van der Waals surface area contributed by atoms with E-state index in [9.17, 15) is 0 Å². The second-order valence-corrected chi connectivity index (χ2v) is 6.96. The van der Waals surface area contributed by atoms with E-state index in [1.807, 2.05) is 30.3 Å². The number of nitrogens with zero attached hydrogens (tertiary/aromatic N) is 2. The number of likely N-dealkylation sites (N-methyl/N-ethyl adjacent to an activating group) is 1. The van der Waals surface area contributed by atoms with Gasteiger partial charge in [0.15, 0.2) is 17.5 Å². The predicted molar refractivity (Wildman–Crippen MR) is 109 cm³/mol. The van der Waals surface area contributed by atoms with Crippen LogP contribution in [0.2, 0.25) is 5.02 Å². The number of ether oxygens (including phenoxy) is 2. The number of hydrogen-bond acceptors (Lipinski definition) is 4. The molecule has 0 aromatic heterocycles. The highest BCUT2D eigenvalue weighted by Gasteiger charge is 2.15. The zero-order valence-electron chi connectivity index (χ0n) is 15.8. The van der Waals surface area contributed by atoms with Gasteiger partial charge >= 0.3 is 0 Å². The number of guanidine groups is 1. The van der Waals surface area contributed by atoms with Gasteiger partial charge in [0.2, 0.25) is 6.79 Å². The van der Waals surface area contributed by atoms with E-state index in [1.54, 1.807) is 7.05 Å². The van der Waals surface area contributed by atoms with Crippen molar-refractivity contribution in [3.8, 4) is 11.5 Å². The van der Waals surface area contributed by atoms with Crippen LogP contribution < -0.4 is 20.1 Å². The van der Waals surface area contributed by atoms with Crippen molar-refractivity contribution < 1.29 is 9.47 Å². The molecule has 0 saturated heterocycles. The molecule has 1 aliphatic heterocycles. The van der Waals surface area contributed by atoms with Gasteiger partial charge in [-0.3, -0.25) is 4.99 Å². The average Bonchev–Trinajstić information content (AvgIpc) is 3.13. The van der Waals surface area contributed by atoms with Gasteiger partial charge in [-0.25, -0.2) is 0 Å². The van der Waals surface area contributed by atoms with Crippen LogP contribution in [0.25, 0.3) is 0 Å². The minimum absolute atomic E-state index is 0.200. The van der Waals surface area contributed by atoms with Crippen molar-refractivity contribution in [2.45, 2.75) is 12.6 Å². The van der Waals surface area contributed by atoms with Crippen molar-refractivity contribution in [2.75, 3.05) is 34.5 Å². The maximum atomic E-state index is 6.01. The topological polar surface area (TPSA) is 58.1 Å². The molecule has 0 saturated carbocycles. The molecule has 1 unspecified atom stereocenters. The van der Waals surface area contributed by atoms with Gasteiger partial charge in [-0.2, -0.15) is 0 Å². The molecule has 0 bridgehead atoms. The Hall–Kier alpha value is -2.44. The summed E-state index contributed by atoms with van der Waals surface area (Å²) in [6, 6.07) is 14.1. The van der Waals surface area contributed by atoms with Crippen molar-refractivity contribution >= 4 is 17.6 Å². The van der Waals surface area contributed by atoms with E-state index in [1.165, 1.54) is 5.56 Å². The molecule has 0 spiro atoms. The van der Waals surface area contributed by atoms with Crippen LogP contribution in [-0.2, 0) is 6.54 Å². The molecule has 1 atom stereocenters. The normalized spacial score (nSPS) is 14.3. The van der Waals surface area contributed by atoms with Crippen molar-refractivity contribution in [1.82, 2.24) is 15.5 Å². The third kappa shape index (κ3) is 5.05. The zero-order valence-corrected chi connectivity index (χ0v) is 16.6. The van der Waals surface area contributed by atoms with Crippen molar-refractivity contribution in [2.24, 2.45) is 4.99 Å². The summed E-state index contributed by atoms with van der Waals surface area (Å²) in [4.78, 5) is 6.48. The molecule has 2 aromatic carbocycles. The molecule has 0 aliphatic carbocycles. The van der Waals surface area contributed by atoms with E-state index >= 15 is 0 Å². The van der Waals surface area contributed by atoms with Crippen LogP contribution in [-0.4, -0.2) is 45.3 Å². The van der Waals surface area contributed by atoms with Gasteiger partial charge in [0.05, 0.1) is 6.04 Å². The number of aliphatic imine (C=N–C) groups is 1. The third-order valence-electron chi connectivity index (χ3n) is 4.46. The molecule has 27 heavy (non-hydrogen) atoms. The molecule has 0 amide bonds. The SMILES string of the molecule is CN=C(NCc1ccc2c(c1)OCO2)NCC(c1ccc(Cl)cc1)N(C)C. The molecule has 2 N–H and O–H groups in total. The Bertz CT molecular complexity index is 793. The molecule has 3 rings (SSSR count). The van der Waals surface area contributed by atoms with Crippen molar-refractivity contribution in [3.05, 3.63) is 58.6 Å². The van der Waals surface area contributed by atoms with E-state index in [0.29, 0.717) is 6.54 Å². The van der Waals surface area contributed by atoms with Crippen LogP contribution in [0, 0.1) is 0 Å². The highest BCUT2D eigenvalue weighted by Crippen LogP contribution is 2.32. The Kier molecular flexibility index (Phi) is 6.42. The lowest BCUT2D eigenvalue weighted by molar-refractivity contribution is 0.174. The number of benzene rings is 2. The zero-order chi connectivity index (χ0) is 19.2. The monoisotopic (exact) mass is 388 g/mol. The molecule has 0 radical (unpaired) electrons. The standard InChI is InChI=1S/C20H25ClN4O2/c1-22-20(23-11-14-4-9-18-19(10-14)27-13-26-18)24-12-17(25(2)3)15-5-7-16(21)8-6-15/h4-10,17H,11-13H2,1-3H3,(H2,22,23,24). The Morgan fingerprint density at radius 1 is 1.11 bits per heavy atom. The lowest BCUT2D eigenvalue weighted by Gasteiger charge is -2.26. The van der Waals surface area contributed by atoms with Gasteiger partial charge in [-0.15, -0.1) is 0 Å². The molecular formula is C20H25ClN4O2. The van der Waals surface area contributed by atoms with Crippen molar-refractivity contribution in [3.63, 3.8) is 0 Å². The van der Waals surface area contributed by atoms with Crippen LogP contribution in [0.1, 0.15) is 17.2 Å². The molecule has 1 aliphatic rings. The molecular weight excluding hydrogens is 364 g/mol. The van der Waals surface area contributed by atoms with E-state index in [0.717, 1.165) is 34.6 Å². The first kappa shape index (κ1) is 19.3. The Balaban J connectivity index is 1.56. The van der Waals surface area contributed by atoms with Gasteiger partial charge in [-0.1, -0.05) is 29.8 Å². The van der Waals surface area contributed by atoms with Crippen LogP contribution in [0.4, 0.5) is 0 Å². The summed E-state index contributed by atoms with van der Waals surface area (Å²) in [5, 5.41) is 7.47. The Labute approximate surface area is 165 Å². The van der Waals surface area contributed by atoms with Gasteiger partial charge in [-0.05, 0) is 49.5 Å². The summed E-state index contributed by atoms with van der Waals surface area (Å²) >= 11 is 6.01. The molecule has 1 heterocycles. The fourth-order valence-electron chi connectivity index (χ4n) is 2.93. The van der Waals surface area contributed by atoms with E-state index in [2.05, 4.69) is 46.8 Å². The largest absolute Gasteiger partial charge is 0.454 e. The fraction of sp³-hybridized carbons (Fsp3) is 0.350. The van der Waals surface area contributed by atoms with Crippen LogP contribution in [0.5, 0.6) is 11.5 Å². The summed E-state index contributed by atoms with van der Waals surface area (Å²) < 4.78 is 10.8. The summed E-state index contributed by atoms with van der Waals surface area (Å²) in [5.74, 6) is 2.32. The molecule has 0 fully saturated rings. The number of hydrogen-bond donors (Lipinski definition) is 2. The van der Waals surface area contributed by atoms with E-state index < -0.39 is 0 Å². The van der Waals surface area contributed by atoms with Crippen LogP contribution in [0.3, 0.4) is 0 Å². The minimum Gasteiger partial charge on any atom is -0.454 e. The highest BCUT2D eigenvalue weighted by molar-refractivity contribution is 6.30. The third-order valence-corrected chi connectivity index (χ3v) is 4.71. The lowest BCUT2D eigenvalue weighted by atomic mass is 10.1. The Morgan fingerprint density at radius 2 is 1.85 bits per heavy atom. The van der Waals surface area contributed by atoms with Gasteiger partial charge in [0, 0.05) is 25.2 Å². The first-order valence-corrected chi connectivity index (χ1v) is 9.19. The Morgan fingerprint density at radius 3 is 2.56 bits per heavy atom. The average molecular weight is 389 g/mol. The number of rotatable bonds is 6. The summed E-state index contributed by atoms with van der Waals surface area (Å²) in [6.45, 7) is 1.64. The van der Waals surface area contributed by atoms with Crippen LogP contribution >= 0.6 is 11.6 Å². The first-order valence-electron chi connectivity index (χ1n) is 8.82. The molecule has 2 aromatic rings. The lowest BCUT2D eigenvalue weighted by Crippen LogP contribution is -2.41. The van der Waals surface area contributed by atoms with Crippen LogP contribution in [0.15, 0.2) is 47.5 Å². The number of fused-ring (bicyclic) bond motifs is 1. The number of halogens is 1. The van der Waals surface area contributed by atoms with Gasteiger partial charge in [0.1, 0.15) is 0 Å². The summed E-state index contributed by atoms with van der Waals surface area (Å²) in [7, 11) is 5.88. The maximum absolute atomic E-state index is 6.01. The number of nitrogens with one attached hydrogen (secondary N) is 2. The highest BCUT2D eigenvalue weighted by atomic mass is 35.5. The van der Waals surface area contributed by atoms with Gasteiger partial charge in [0.25, 0.3) is 0 Å². The quantitative estimate of drug-likeness (QED) is 0.588. The molecule has 7 heteroatoms. The molecule has 144 valence electrons. The van der Waals surface area contributed by atoms with E-state index in [4.69, 9.17) is 21.1 Å². The first-order chi connectivity index (χ1) is 13.1. The van der Waals surface area contributed by atoms with Crippen molar-refractivity contribution in [1.29, 1.82) is 0 Å². The summed E-state index contributed by atoms with van der Waals surface area (Å²) in [6.07, 6.45) is 0. The minimum atomic E-state index is 0.200. The maximum Gasteiger partial charge on any atom is 0.231 e. The predicted octanol–water partition coefficient (Wildman–Crippen LogP) is 3.04. The molecule has 6 nitrogen and oxygen atoms in total. The summed E-state index contributed by atoms with van der Waals surface area (Å²) in [5.41, 5.74) is 2.30. The fourth-order valence-corrected chi connectivity index (χ4v) is 3.06. The van der Waals surface area contributed by atoms with Gasteiger partial charge < -0.3 is 25.0 Å². The second kappa shape index (κ2) is 8.97. The van der Waals surface area contributed by atoms with E-state index in [-0.39, 0.29) is 12.8 Å². The second-order valence-electron chi connectivity index (χ2n) is 6.53. The smallest absolute Gasteiger partial charge is 0.231 e.